The summed E-state index contributed by atoms with van der Waals surface area (Å²) in [6, 6.07) is 11.4. The molecule has 2 aromatic rings. The van der Waals surface area contributed by atoms with E-state index in [1.807, 2.05) is 0 Å². The quantitative estimate of drug-likeness (QED) is 0.492. The van der Waals surface area contributed by atoms with Gasteiger partial charge in [0.05, 0.1) is 0 Å². The van der Waals surface area contributed by atoms with E-state index < -0.39 is 48.6 Å². The Balaban J connectivity index is 2.17. The predicted octanol–water partition coefficient (Wildman–Crippen LogP) is 4.78. The number of carbonyl (C=O) groups excluding carboxylic acids is 2. The Morgan fingerprint density at radius 2 is 0.853 bits per heavy atom. The van der Waals surface area contributed by atoms with E-state index in [9.17, 15) is 44.7 Å². The molecule has 0 saturated heterocycles. The molecule has 0 saturated carbocycles. The average Bonchev–Trinajstić information content (AvgIpc) is 2.77. The molecule has 0 spiro atoms. The molecule has 2 N–H and O–H groups in total. The standard InChI is InChI=1S/C22H20F8N2O2/c1-13-3-7-15(8-4-13)11-31-17(33)19(23,24)21(27,28)22(29,30)20(25,26)18(34)32-12-16-9-5-14(2)6-10-16/h3-10H,11-12H2,1-2H3,(H,31,33)(H,32,34). The number of benzene rings is 2. The molecule has 0 unspecified atom stereocenters. The highest BCUT2D eigenvalue weighted by atomic mass is 19.4. The van der Waals surface area contributed by atoms with E-state index in [1.165, 1.54) is 59.2 Å². The smallest absolute Gasteiger partial charge is 0.347 e. The number of hydrogen-bond donors (Lipinski definition) is 2. The summed E-state index contributed by atoms with van der Waals surface area (Å²) in [4.78, 5) is 23.2. The van der Waals surface area contributed by atoms with Gasteiger partial charge in [-0.1, -0.05) is 59.7 Å². The largest absolute Gasteiger partial charge is 0.392 e. The van der Waals surface area contributed by atoms with Crippen LogP contribution in [0.15, 0.2) is 48.5 Å². The summed E-state index contributed by atoms with van der Waals surface area (Å²) >= 11 is 0. The summed E-state index contributed by atoms with van der Waals surface area (Å²) in [6.07, 6.45) is 0. The molecule has 2 amide bonds. The van der Waals surface area contributed by atoms with Gasteiger partial charge in [-0.25, -0.2) is 0 Å². The first-order valence-electron chi connectivity index (χ1n) is 9.73. The lowest BCUT2D eigenvalue weighted by Gasteiger charge is -2.35. The van der Waals surface area contributed by atoms with E-state index in [1.54, 1.807) is 13.8 Å². The van der Waals surface area contributed by atoms with E-state index in [4.69, 9.17) is 0 Å². The van der Waals surface area contributed by atoms with Crippen LogP contribution in [0.4, 0.5) is 35.1 Å². The number of halogens is 8. The van der Waals surface area contributed by atoms with Crippen LogP contribution < -0.4 is 10.6 Å². The van der Waals surface area contributed by atoms with Gasteiger partial charge in [0.15, 0.2) is 0 Å². The zero-order chi connectivity index (χ0) is 25.9. The molecule has 0 heterocycles. The van der Waals surface area contributed by atoms with Gasteiger partial charge in [0.2, 0.25) is 0 Å². The summed E-state index contributed by atoms with van der Waals surface area (Å²) in [5, 5.41) is 2.64. The van der Waals surface area contributed by atoms with Gasteiger partial charge in [0, 0.05) is 13.1 Å². The van der Waals surface area contributed by atoms with Crippen molar-refractivity contribution in [1.82, 2.24) is 10.6 Å². The van der Waals surface area contributed by atoms with Crippen molar-refractivity contribution in [3.05, 3.63) is 70.8 Å². The van der Waals surface area contributed by atoms with Crippen LogP contribution in [0, 0.1) is 13.8 Å². The number of hydrogen-bond acceptors (Lipinski definition) is 2. The Hall–Kier alpha value is -3.18. The van der Waals surface area contributed by atoms with Gasteiger partial charge in [-0.3, -0.25) is 9.59 Å². The molecule has 0 aliphatic carbocycles. The van der Waals surface area contributed by atoms with E-state index in [-0.39, 0.29) is 11.1 Å². The molecule has 2 aromatic carbocycles. The minimum absolute atomic E-state index is 0.158. The number of amides is 2. The van der Waals surface area contributed by atoms with Crippen molar-refractivity contribution < 1.29 is 44.7 Å². The van der Waals surface area contributed by atoms with Crippen LogP contribution in [0.2, 0.25) is 0 Å². The first-order valence-corrected chi connectivity index (χ1v) is 9.73. The van der Waals surface area contributed by atoms with Crippen LogP contribution in [-0.2, 0) is 22.7 Å². The van der Waals surface area contributed by atoms with Crippen LogP contribution in [0.25, 0.3) is 0 Å². The number of rotatable bonds is 9. The molecule has 0 fully saturated rings. The minimum Gasteiger partial charge on any atom is -0.347 e. The fourth-order valence-corrected chi connectivity index (χ4v) is 2.68. The zero-order valence-electron chi connectivity index (χ0n) is 17.9. The highest BCUT2D eigenvalue weighted by Gasteiger charge is 2.84. The summed E-state index contributed by atoms with van der Waals surface area (Å²) in [5.41, 5.74) is 1.81. The van der Waals surface area contributed by atoms with Crippen molar-refractivity contribution in [3.63, 3.8) is 0 Å². The number of carbonyl (C=O) groups is 2. The van der Waals surface area contributed by atoms with Crippen molar-refractivity contribution in [2.24, 2.45) is 0 Å². The van der Waals surface area contributed by atoms with Crippen LogP contribution in [0.5, 0.6) is 0 Å². The van der Waals surface area contributed by atoms with E-state index in [0.717, 1.165) is 11.1 Å². The molecule has 2 rings (SSSR count). The first-order chi connectivity index (χ1) is 15.5. The molecule has 186 valence electrons. The van der Waals surface area contributed by atoms with E-state index in [2.05, 4.69) is 0 Å². The van der Waals surface area contributed by atoms with Gasteiger partial charge in [-0.15, -0.1) is 0 Å². The van der Waals surface area contributed by atoms with Gasteiger partial charge >= 0.3 is 23.7 Å². The topological polar surface area (TPSA) is 58.2 Å². The van der Waals surface area contributed by atoms with Gasteiger partial charge in [0.1, 0.15) is 0 Å². The lowest BCUT2D eigenvalue weighted by molar-refractivity contribution is -0.347. The fraction of sp³-hybridized carbons (Fsp3) is 0.364. The van der Waals surface area contributed by atoms with Crippen LogP contribution in [0.1, 0.15) is 22.3 Å². The average molecular weight is 496 g/mol. The molecular formula is C22H20F8N2O2. The van der Waals surface area contributed by atoms with Gasteiger partial charge < -0.3 is 10.6 Å². The number of aryl methyl sites for hydroxylation is 2. The molecule has 0 atom stereocenters. The number of alkyl halides is 8. The Morgan fingerprint density at radius 3 is 1.12 bits per heavy atom. The van der Waals surface area contributed by atoms with Crippen LogP contribution in [-0.4, -0.2) is 35.5 Å². The number of nitrogens with one attached hydrogen (secondary N) is 2. The normalized spacial score (nSPS) is 12.9. The van der Waals surface area contributed by atoms with Crippen LogP contribution >= 0.6 is 0 Å². The molecule has 0 aliphatic rings. The lowest BCUT2D eigenvalue weighted by Crippen LogP contribution is -2.68. The van der Waals surface area contributed by atoms with Gasteiger partial charge in [-0.2, -0.15) is 35.1 Å². The molecule has 4 nitrogen and oxygen atoms in total. The Kier molecular flexibility index (Phi) is 7.63. The molecule has 0 radical (unpaired) electrons. The third kappa shape index (κ3) is 5.15. The fourth-order valence-electron chi connectivity index (χ4n) is 2.68. The van der Waals surface area contributed by atoms with Gasteiger partial charge in [-0.05, 0) is 25.0 Å². The molecule has 34 heavy (non-hydrogen) atoms. The van der Waals surface area contributed by atoms with Crippen molar-refractivity contribution in [2.75, 3.05) is 0 Å². The maximum absolute atomic E-state index is 14.1. The molecule has 0 aromatic heterocycles. The van der Waals surface area contributed by atoms with Crippen molar-refractivity contribution in [3.8, 4) is 0 Å². The molecular weight excluding hydrogens is 476 g/mol. The SMILES string of the molecule is Cc1ccc(CNC(=O)C(F)(F)C(F)(F)C(F)(F)C(F)(F)C(=O)NCc2ccc(C)cc2)cc1. The van der Waals surface area contributed by atoms with Crippen LogP contribution in [0.3, 0.4) is 0 Å². The molecule has 0 aliphatic heterocycles. The second kappa shape index (κ2) is 9.59. The highest BCUT2D eigenvalue weighted by molar-refractivity contribution is 5.87. The summed E-state index contributed by atoms with van der Waals surface area (Å²) in [5.74, 6) is -32.2. The minimum atomic E-state index is -6.91. The maximum atomic E-state index is 14.1. The summed E-state index contributed by atoms with van der Waals surface area (Å²) < 4.78 is 112. The monoisotopic (exact) mass is 496 g/mol. The third-order valence-electron chi connectivity index (χ3n) is 4.90. The van der Waals surface area contributed by atoms with E-state index in [0.29, 0.717) is 0 Å². The first kappa shape index (κ1) is 27.1. The van der Waals surface area contributed by atoms with Gasteiger partial charge in [0.25, 0.3) is 11.8 Å². The second-order valence-corrected chi connectivity index (χ2v) is 7.63. The highest BCUT2D eigenvalue weighted by Crippen LogP contribution is 2.52. The molecule has 12 heteroatoms. The Morgan fingerprint density at radius 1 is 0.588 bits per heavy atom. The predicted molar refractivity (Wildman–Crippen MR) is 106 cm³/mol. The zero-order valence-corrected chi connectivity index (χ0v) is 17.9. The molecule has 0 bridgehead atoms. The Bertz CT molecular complexity index is 939. The third-order valence-corrected chi connectivity index (χ3v) is 4.90. The second-order valence-electron chi connectivity index (χ2n) is 7.63. The summed E-state index contributed by atoms with van der Waals surface area (Å²) in [7, 11) is 0. The van der Waals surface area contributed by atoms with Crippen molar-refractivity contribution in [1.29, 1.82) is 0 Å². The lowest BCUT2D eigenvalue weighted by atomic mass is 9.97. The van der Waals surface area contributed by atoms with Crippen molar-refractivity contribution >= 4 is 11.8 Å². The Labute approximate surface area is 189 Å². The van der Waals surface area contributed by atoms with E-state index >= 15 is 0 Å². The van der Waals surface area contributed by atoms with Crippen molar-refractivity contribution in [2.45, 2.75) is 50.6 Å². The summed E-state index contributed by atoms with van der Waals surface area (Å²) in [6.45, 7) is 1.83. The maximum Gasteiger partial charge on any atom is 0.392 e.